The van der Waals surface area contributed by atoms with E-state index in [-0.39, 0.29) is 16.8 Å². The van der Waals surface area contributed by atoms with Crippen molar-refractivity contribution in [3.63, 3.8) is 0 Å². The highest BCUT2D eigenvalue weighted by atomic mass is 35.5. The second kappa shape index (κ2) is 9.35. The van der Waals surface area contributed by atoms with E-state index in [1.165, 1.54) is 29.7 Å². The van der Waals surface area contributed by atoms with Crippen molar-refractivity contribution in [2.45, 2.75) is 23.8 Å². The zero-order valence-electron chi connectivity index (χ0n) is 16.5. The summed E-state index contributed by atoms with van der Waals surface area (Å²) in [5, 5.41) is 6.03. The van der Waals surface area contributed by atoms with Gasteiger partial charge in [-0.2, -0.15) is 0 Å². The zero-order valence-corrected chi connectivity index (χ0v) is 18.9. The molecular weight excluding hydrogens is 456 g/mol. The summed E-state index contributed by atoms with van der Waals surface area (Å²) in [7, 11) is -3.72. The average Bonchev–Trinajstić information content (AvgIpc) is 3.39. The lowest BCUT2D eigenvalue weighted by molar-refractivity contribution is -0.118. The van der Waals surface area contributed by atoms with Gasteiger partial charge in [0, 0.05) is 28.8 Å². The van der Waals surface area contributed by atoms with E-state index in [0.29, 0.717) is 35.4 Å². The molecule has 1 fully saturated rings. The molecule has 4 rings (SSSR count). The Morgan fingerprint density at radius 3 is 2.55 bits per heavy atom. The number of aromatic nitrogens is 1. The van der Waals surface area contributed by atoms with Crippen molar-refractivity contribution < 1.29 is 13.2 Å². The van der Waals surface area contributed by atoms with E-state index in [1.54, 1.807) is 22.4 Å². The standard InChI is InChI=1S/C21H21ClN4O3S2/c22-16-3-1-15(2-4-16)9-11-23-19-10-13-26(20(19)27)17-5-7-18(8-6-17)31(28,29)25-21-24-12-14-30-21/h1-8,12,14,19,23H,9-11,13H2,(H,24,25). The molecule has 1 amide bonds. The molecule has 2 heterocycles. The SMILES string of the molecule is O=C1C(NCCc2ccc(Cl)cc2)CCN1c1ccc(S(=O)(=O)Nc2nccs2)cc1. The van der Waals surface area contributed by atoms with Gasteiger partial charge >= 0.3 is 0 Å². The molecule has 10 heteroatoms. The third kappa shape index (κ3) is 5.24. The Kier molecular flexibility index (Phi) is 6.57. The van der Waals surface area contributed by atoms with Crippen LogP contribution >= 0.6 is 22.9 Å². The summed E-state index contributed by atoms with van der Waals surface area (Å²) >= 11 is 7.11. The van der Waals surface area contributed by atoms with Crippen molar-refractivity contribution in [3.8, 4) is 0 Å². The van der Waals surface area contributed by atoms with E-state index in [4.69, 9.17) is 11.6 Å². The first kappa shape index (κ1) is 21.8. The van der Waals surface area contributed by atoms with Crippen molar-refractivity contribution in [3.05, 3.63) is 70.7 Å². The molecule has 1 aliphatic heterocycles. The van der Waals surface area contributed by atoms with Crippen LogP contribution in [0.2, 0.25) is 5.02 Å². The number of amides is 1. The van der Waals surface area contributed by atoms with Gasteiger partial charge in [0.1, 0.15) is 0 Å². The number of hydrogen-bond acceptors (Lipinski definition) is 6. The fourth-order valence-corrected chi connectivity index (χ4v) is 5.34. The van der Waals surface area contributed by atoms with Crippen LogP contribution in [0.25, 0.3) is 0 Å². The van der Waals surface area contributed by atoms with Gasteiger partial charge in [-0.15, -0.1) is 11.3 Å². The molecule has 1 saturated heterocycles. The van der Waals surface area contributed by atoms with E-state index >= 15 is 0 Å². The number of hydrogen-bond donors (Lipinski definition) is 2. The zero-order chi connectivity index (χ0) is 21.8. The Morgan fingerprint density at radius 1 is 1.13 bits per heavy atom. The van der Waals surface area contributed by atoms with Gasteiger partial charge < -0.3 is 10.2 Å². The number of anilines is 2. The Bertz CT molecular complexity index is 1130. The molecule has 3 aromatic rings. The predicted molar refractivity (Wildman–Crippen MR) is 123 cm³/mol. The lowest BCUT2D eigenvalue weighted by Gasteiger charge is -2.18. The quantitative estimate of drug-likeness (QED) is 0.519. The van der Waals surface area contributed by atoms with Gasteiger partial charge in [0.25, 0.3) is 10.0 Å². The van der Waals surface area contributed by atoms with Gasteiger partial charge in [0.15, 0.2) is 5.13 Å². The fourth-order valence-electron chi connectivity index (χ4n) is 3.42. The first-order valence-electron chi connectivity index (χ1n) is 9.74. The fraction of sp³-hybridized carbons (Fsp3) is 0.238. The number of nitrogens with one attached hydrogen (secondary N) is 2. The molecule has 0 spiro atoms. The molecule has 2 N–H and O–H groups in total. The molecule has 1 unspecified atom stereocenters. The van der Waals surface area contributed by atoms with E-state index < -0.39 is 10.0 Å². The summed E-state index contributed by atoms with van der Waals surface area (Å²) in [6, 6.07) is 13.7. The third-order valence-electron chi connectivity index (χ3n) is 5.04. The molecule has 0 radical (unpaired) electrons. The van der Waals surface area contributed by atoms with E-state index in [0.717, 1.165) is 12.0 Å². The maximum absolute atomic E-state index is 12.8. The lowest BCUT2D eigenvalue weighted by Crippen LogP contribution is -2.39. The number of sulfonamides is 1. The van der Waals surface area contributed by atoms with Crippen LogP contribution in [0.1, 0.15) is 12.0 Å². The highest BCUT2D eigenvalue weighted by Gasteiger charge is 2.32. The Balaban J connectivity index is 1.34. The predicted octanol–water partition coefficient (Wildman–Crippen LogP) is 3.53. The minimum atomic E-state index is -3.72. The monoisotopic (exact) mass is 476 g/mol. The van der Waals surface area contributed by atoms with Crippen molar-refractivity contribution in [1.29, 1.82) is 0 Å². The highest BCUT2D eigenvalue weighted by molar-refractivity contribution is 7.93. The van der Waals surface area contributed by atoms with Crippen LogP contribution in [0.4, 0.5) is 10.8 Å². The molecule has 162 valence electrons. The number of thiazole rings is 1. The number of carbonyl (C=O) groups is 1. The number of benzene rings is 2. The van der Waals surface area contributed by atoms with E-state index in [9.17, 15) is 13.2 Å². The largest absolute Gasteiger partial charge is 0.311 e. The van der Waals surface area contributed by atoms with Gasteiger partial charge in [-0.05, 0) is 61.3 Å². The van der Waals surface area contributed by atoms with Crippen LogP contribution in [0, 0.1) is 0 Å². The molecule has 7 nitrogen and oxygen atoms in total. The first-order chi connectivity index (χ1) is 14.9. The van der Waals surface area contributed by atoms with Crippen molar-refractivity contribution >= 4 is 49.7 Å². The van der Waals surface area contributed by atoms with Crippen LogP contribution in [0.15, 0.2) is 65.0 Å². The van der Waals surface area contributed by atoms with Gasteiger partial charge in [-0.1, -0.05) is 23.7 Å². The van der Waals surface area contributed by atoms with E-state index in [1.807, 2.05) is 24.3 Å². The average molecular weight is 477 g/mol. The number of rotatable bonds is 8. The van der Waals surface area contributed by atoms with Crippen LogP contribution in [0.5, 0.6) is 0 Å². The molecule has 0 bridgehead atoms. The van der Waals surface area contributed by atoms with E-state index in [2.05, 4.69) is 15.0 Å². The second-order valence-corrected chi connectivity index (χ2v) is 10.1. The molecule has 31 heavy (non-hydrogen) atoms. The maximum Gasteiger partial charge on any atom is 0.263 e. The third-order valence-corrected chi connectivity index (χ3v) is 7.46. The molecule has 2 aromatic carbocycles. The summed E-state index contributed by atoms with van der Waals surface area (Å²) in [5.41, 5.74) is 1.84. The molecule has 0 saturated carbocycles. The lowest BCUT2D eigenvalue weighted by atomic mass is 10.1. The minimum absolute atomic E-state index is 0.00683. The van der Waals surface area contributed by atoms with Gasteiger partial charge in [0.2, 0.25) is 5.91 Å². The minimum Gasteiger partial charge on any atom is -0.311 e. The summed E-state index contributed by atoms with van der Waals surface area (Å²) in [4.78, 5) is 18.5. The number of nitrogens with zero attached hydrogens (tertiary/aromatic N) is 2. The number of carbonyl (C=O) groups excluding carboxylic acids is 1. The van der Waals surface area contributed by atoms with Gasteiger partial charge in [-0.25, -0.2) is 13.4 Å². The Labute approximate surface area is 190 Å². The van der Waals surface area contributed by atoms with Crippen LogP contribution in [-0.4, -0.2) is 38.4 Å². The summed E-state index contributed by atoms with van der Waals surface area (Å²) in [5.74, 6) is -0.00683. The van der Waals surface area contributed by atoms with Crippen LogP contribution < -0.4 is 14.9 Å². The van der Waals surface area contributed by atoms with Gasteiger partial charge in [0.05, 0.1) is 10.9 Å². The Hall–Kier alpha value is -2.46. The highest BCUT2D eigenvalue weighted by Crippen LogP contribution is 2.25. The Morgan fingerprint density at radius 2 is 1.87 bits per heavy atom. The topological polar surface area (TPSA) is 91.4 Å². The summed E-state index contributed by atoms with van der Waals surface area (Å²) < 4.78 is 27.4. The summed E-state index contributed by atoms with van der Waals surface area (Å²) in [6.45, 7) is 1.27. The smallest absolute Gasteiger partial charge is 0.263 e. The van der Waals surface area contributed by atoms with Crippen LogP contribution in [0.3, 0.4) is 0 Å². The maximum atomic E-state index is 12.8. The molecular formula is C21H21ClN4O3S2. The second-order valence-electron chi connectivity index (χ2n) is 7.10. The van der Waals surface area contributed by atoms with Crippen molar-refractivity contribution in [2.24, 2.45) is 0 Å². The molecule has 0 aliphatic carbocycles. The van der Waals surface area contributed by atoms with Crippen molar-refractivity contribution in [1.82, 2.24) is 10.3 Å². The first-order valence-corrected chi connectivity index (χ1v) is 12.5. The van der Waals surface area contributed by atoms with Crippen molar-refractivity contribution in [2.75, 3.05) is 22.7 Å². The molecule has 1 atom stereocenters. The molecule has 1 aliphatic rings. The summed E-state index contributed by atoms with van der Waals surface area (Å²) in [6.07, 6.45) is 3.04. The molecule has 1 aromatic heterocycles. The van der Waals surface area contributed by atoms with Gasteiger partial charge in [-0.3, -0.25) is 9.52 Å². The number of halogens is 1. The normalized spacial score (nSPS) is 16.6. The van der Waals surface area contributed by atoms with Crippen LogP contribution in [-0.2, 0) is 21.2 Å².